The highest BCUT2D eigenvalue weighted by Gasteiger charge is 2.30. The molecule has 5 nitrogen and oxygen atoms in total. The van der Waals surface area contributed by atoms with Crippen molar-refractivity contribution in [1.82, 2.24) is 4.31 Å². The Balaban J connectivity index is 2.28. The number of benzene rings is 1. The molecule has 0 unspecified atom stereocenters. The zero-order valence-electron chi connectivity index (χ0n) is 10.6. The van der Waals surface area contributed by atoms with Crippen LogP contribution in [0.5, 0.6) is 0 Å². The molecule has 2 rings (SSSR count). The Bertz CT molecular complexity index is 659. The third-order valence-electron chi connectivity index (χ3n) is 3.37. The average Bonchev–Trinajstić information content (AvgIpc) is 2.46. The van der Waals surface area contributed by atoms with Crippen LogP contribution in [0.2, 0.25) is 5.02 Å². The summed E-state index contributed by atoms with van der Waals surface area (Å²) >= 11 is 5.95. The lowest BCUT2D eigenvalue weighted by Gasteiger charge is -2.29. The van der Waals surface area contributed by atoms with Crippen LogP contribution in [0.15, 0.2) is 23.1 Å². The van der Waals surface area contributed by atoms with Gasteiger partial charge in [0.1, 0.15) is 11.2 Å². The van der Waals surface area contributed by atoms with Gasteiger partial charge in [-0.05, 0) is 31.0 Å². The predicted molar refractivity (Wildman–Crippen MR) is 73.7 cm³/mol. The standard InChI is InChI=1S/C13H13ClN2O3S/c14-12-7-11(8-15)1-2-13(12)20(18,19)16-5-3-10(9-17)4-6-16/h1-2,7,9-10H,3-6H2. The summed E-state index contributed by atoms with van der Waals surface area (Å²) in [6.45, 7) is 0.615. The maximum absolute atomic E-state index is 12.5. The fourth-order valence-electron chi connectivity index (χ4n) is 2.17. The molecule has 0 bridgehead atoms. The molecule has 1 aromatic carbocycles. The van der Waals surface area contributed by atoms with Crippen molar-refractivity contribution in [1.29, 1.82) is 5.26 Å². The SMILES string of the molecule is N#Cc1ccc(S(=O)(=O)N2CCC(C=O)CC2)c(Cl)c1. The molecule has 0 atom stereocenters. The van der Waals surface area contributed by atoms with Gasteiger partial charge in [0.05, 0.1) is 16.7 Å². The van der Waals surface area contributed by atoms with Crippen LogP contribution < -0.4 is 0 Å². The van der Waals surface area contributed by atoms with E-state index in [1.807, 2.05) is 6.07 Å². The fourth-order valence-corrected chi connectivity index (χ4v) is 4.16. The van der Waals surface area contributed by atoms with Gasteiger partial charge in [0, 0.05) is 19.0 Å². The van der Waals surface area contributed by atoms with Crippen LogP contribution in [0.4, 0.5) is 0 Å². The molecule has 0 radical (unpaired) electrons. The Labute approximate surface area is 122 Å². The van der Waals surface area contributed by atoms with E-state index in [0.717, 1.165) is 6.29 Å². The number of rotatable bonds is 3. The average molecular weight is 313 g/mol. The summed E-state index contributed by atoms with van der Waals surface area (Å²) in [5, 5.41) is 8.80. The lowest BCUT2D eigenvalue weighted by Crippen LogP contribution is -2.38. The Kier molecular flexibility index (Phi) is 4.43. The molecule has 0 aliphatic carbocycles. The van der Waals surface area contributed by atoms with Gasteiger partial charge in [0.2, 0.25) is 10.0 Å². The summed E-state index contributed by atoms with van der Waals surface area (Å²) in [7, 11) is -3.67. The molecule has 1 aliphatic rings. The van der Waals surface area contributed by atoms with Gasteiger partial charge in [-0.15, -0.1) is 0 Å². The van der Waals surface area contributed by atoms with E-state index in [4.69, 9.17) is 16.9 Å². The number of nitrogens with zero attached hydrogens (tertiary/aromatic N) is 2. The van der Waals surface area contributed by atoms with Crippen molar-refractivity contribution < 1.29 is 13.2 Å². The van der Waals surface area contributed by atoms with Crippen LogP contribution in [0.3, 0.4) is 0 Å². The van der Waals surface area contributed by atoms with Gasteiger partial charge in [0.15, 0.2) is 0 Å². The number of sulfonamides is 1. The van der Waals surface area contributed by atoms with E-state index in [1.165, 1.54) is 22.5 Å². The lowest BCUT2D eigenvalue weighted by molar-refractivity contribution is -0.112. The Hall–Kier alpha value is -1.42. The van der Waals surface area contributed by atoms with Crippen molar-refractivity contribution in [3.05, 3.63) is 28.8 Å². The maximum Gasteiger partial charge on any atom is 0.244 e. The second-order valence-electron chi connectivity index (χ2n) is 4.63. The lowest BCUT2D eigenvalue weighted by atomic mass is 10.0. The number of nitriles is 1. The number of piperidine rings is 1. The summed E-state index contributed by atoms with van der Waals surface area (Å²) < 4.78 is 26.3. The van der Waals surface area contributed by atoms with Gasteiger partial charge >= 0.3 is 0 Å². The Morgan fingerprint density at radius 1 is 1.35 bits per heavy atom. The molecule has 1 saturated heterocycles. The van der Waals surface area contributed by atoms with Gasteiger partial charge in [-0.2, -0.15) is 9.57 Å². The summed E-state index contributed by atoms with van der Waals surface area (Å²) in [6.07, 6.45) is 1.92. The first-order chi connectivity index (χ1) is 9.48. The zero-order valence-corrected chi connectivity index (χ0v) is 12.2. The van der Waals surface area contributed by atoms with Crippen LogP contribution in [0.1, 0.15) is 18.4 Å². The molecule has 106 valence electrons. The fraction of sp³-hybridized carbons (Fsp3) is 0.385. The maximum atomic E-state index is 12.5. The van der Waals surface area contributed by atoms with Crippen LogP contribution in [-0.4, -0.2) is 32.1 Å². The number of halogens is 1. The second-order valence-corrected chi connectivity index (χ2v) is 6.95. The Morgan fingerprint density at radius 2 is 2.00 bits per heavy atom. The molecular formula is C13H13ClN2O3S. The summed E-state index contributed by atoms with van der Waals surface area (Å²) in [5.41, 5.74) is 0.314. The van der Waals surface area contributed by atoms with Crippen molar-refractivity contribution in [3.8, 4) is 6.07 Å². The third-order valence-corrected chi connectivity index (χ3v) is 5.75. The number of carbonyl (C=O) groups excluding carboxylic acids is 1. The highest BCUT2D eigenvalue weighted by atomic mass is 35.5. The van der Waals surface area contributed by atoms with Crippen molar-refractivity contribution >= 4 is 27.9 Å². The number of carbonyl (C=O) groups is 1. The van der Waals surface area contributed by atoms with Crippen LogP contribution in [0, 0.1) is 17.2 Å². The van der Waals surface area contributed by atoms with E-state index in [-0.39, 0.29) is 15.8 Å². The molecule has 0 amide bonds. The van der Waals surface area contributed by atoms with Gasteiger partial charge in [0.25, 0.3) is 0 Å². The monoisotopic (exact) mass is 312 g/mol. The minimum atomic E-state index is -3.67. The number of hydrogen-bond acceptors (Lipinski definition) is 4. The molecule has 0 aromatic heterocycles. The predicted octanol–water partition coefficient (Wildman–Crippen LogP) is 1.81. The molecule has 1 aromatic rings. The van der Waals surface area contributed by atoms with Gasteiger partial charge in [-0.1, -0.05) is 11.6 Å². The normalized spacial score (nSPS) is 17.6. The van der Waals surface area contributed by atoms with Crippen molar-refractivity contribution in [2.45, 2.75) is 17.7 Å². The topological polar surface area (TPSA) is 78.2 Å². The molecule has 1 fully saturated rings. The molecule has 1 aliphatic heterocycles. The highest BCUT2D eigenvalue weighted by Crippen LogP contribution is 2.28. The molecular weight excluding hydrogens is 300 g/mol. The van der Waals surface area contributed by atoms with E-state index in [1.54, 1.807) is 0 Å². The van der Waals surface area contributed by atoms with E-state index in [0.29, 0.717) is 31.5 Å². The molecule has 1 heterocycles. The summed E-state index contributed by atoms with van der Waals surface area (Å²) in [6, 6.07) is 6.02. The van der Waals surface area contributed by atoms with E-state index in [9.17, 15) is 13.2 Å². The summed E-state index contributed by atoms with van der Waals surface area (Å²) in [5.74, 6) is -0.0714. The molecule has 0 spiro atoms. The highest BCUT2D eigenvalue weighted by molar-refractivity contribution is 7.89. The van der Waals surface area contributed by atoms with Crippen LogP contribution in [0.25, 0.3) is 0 Å². The third kappa shape index (κ3) is 2.85. The smallest absolute Gasteiger partial charge is 0.244 e. The van der Waals surface area contributed by atoms with Crippen molar-refractivity contribution in [2.24, 2.45) is 5.92 Å². The number of hydrogen-bond donors (Lipinski definition) is 0. The molecule has 20 heavy (non-hydrogen) atoms. The Morgan fingerprint density at radius 3 is 2.50 bits per heavy atom. The largest absolute Gasteiger partial charge is 0.303 e. The van der Waals surface area contributed by atoms with E-state index in [2.05, 4.69) is 0 Å². The zero-order chi connectivity index (χ0) is 14.8. The first kappa shape index (κ1) is 15.0. The van der Waals surface area contributed by atoms with Crippen LogP contribution in [-0.2, 0) is 14.8 Å². The first-order valence-corrected chi connectivity index (χ1v) is 7.96. The molecule has 7 heteroatoms. The quantitative estimate of drug-likeness (QED) is 0.797. The van der Waals surface area contributed by atoms with E-state index >= 15 is 0 Å². The second kappa shape index (κ2) is 5.92. The first-order valence-electron chi connectivity index (χ1n) is 6.14. The minimum absolute atomic E-state index is 0.00252. The van der Waals surface area contributed by atoms with Crippen LogP contribution >= 0.6 is 11.6 Å². The van der Waals surface area contributed by atoms with Crippen molar-refractivity contribution in [2.75, 3.05) is 13.1 Å². The summed E-state index contributed by atoms with van der Waals surface area (Å²) in [4.78, 5) is 10.7. The molecule has 0 saturated carbocycles. The van der Waals surface area contributed by atoms with Gasteiger partial charge < -0.3 is 4.79 Å². The number of aldehydes is 1. The van der Waals surface area contributed by atoms with Gasteiger partial charge in [-0.25, -0.2) is 8.42 Å². The van der Waals surface area contributed by atoms with Gasteiger partial charge in [-0.3, -0.25) is 0 Å². The molecule has 0 N–H and O–H groups in total. The van der Waals surface area contributed by atoms with Crippen molar-refractivity contribution in [3.63, 3.8) is 0 Å². The minimum Gasteiger partial charge on any atom is -0.303 e. The van der Waals surface area contributed by atoms with E-state index < -0.39 is 10.0 Å².